The third kappa shape index (κ3) is 4.24. The van der Waals surface area contributed by atoms with Crippen LogP contribution in [0.2, 0.25) is 0 Å². The van der Waals surface area contributed by atoms with Crippen molar-refractivity contribution in [3.05, 3.63) is 54.5 Å². The molecule has 0 spiro atoms. The van der Waals surface area contributed by atoms with Crippen molar-refractivity contribution in [2.75, 3.05) is 0 Å². The van der Waals surface area contributed by atoms with E-state index in [2.05, 4.69) is 11.1 Å². The summed E-state index contributed by atoms with van der Waals surface area (Å²) in [6.07, 6.45) is 1.67. The van der Waals surface area contributed by atoms with Gasteiger partial charge < -0.3 is 4.98 Å². The minimum absolute atomic E-state index is 0. The van der Waals surface area contributed by atoms with Gasteiger partial charge in [0.05, 0.1) is 0 Å². The van der Waals surface area contributed by atoms with Crippen molar-refractivity contribution in [3.8, 4) is 11.3 Å². The maximum absolute atomic E-state index is 12.8. The molecule has 1 nitrogen and oxygen atoms in total. The van der Waals surface area contributed by atoms with E-state index in [1.54, 1.807) is 12.3 Å². The second-order valence-electron chi connectivity index (χ2n) is 2.64. The monoisotopic (exact) mass is 397 g/mol. The number of pyridine rings is 1. The summed E-state index contributed by atoms with van der Waals surface area (Å²) in [6, 6.07) is 12.8. The number of rotatable bonds is 1. The van der Waals surface area contributed by atoms with Gasteiger partial charge in [0.15, 0.2) is 0 Å². The molecule has 0 saturated carbocycles. The van der Waals surface area contributed by atoms with E-state index < -0.39 is 0 Å². The zero-order chi connectivity index (χ0) is 11.1. The van der Waals surface area contributed by atoms with Gasteiger partial charge in [0, 0.05) is 33.1 Å². The molecular weight excluding hydrogens is 384 g/mol. The van der Waals surface area contributed by atoms with Crippen LogP contribution in [0.4, 0.5) is 4.39 Å². The summed E-state index contributed by atoms with van der Waals surface area (Å²) in [6.45, 7) is 4.00. The summed E-state index contributed by atoms with van der Waals surface area (Å²) in [5, 5.41) is 0. The SMILES string of the molecule is CC.Fc1cc[c-]c(-c2ccccn2)c1.[Pt]. The Labute approximate surface area is 110 Å². The van der Waals surface area contributed by atoms with Gasteiger partial charge >= 0.3 is 0 Å². The van der Waals surface area contributed by atoms with Crippen molar-refractivity contribution in [2.24, 2.45) is 0 Å². The predicted octanol–water partition coefficient (Wildman–Crippen LogP) is 3.71. The molecule has 1 aromatic carbocycles. The Morgan fingerprint density at radius 2 is 1.94 bits per heavy atom. The van der Waals surface area contributed by atoms with Crippen LogP contribution in [0, 0.1) is 11.9 Å². The van der Waals surface area contributed by atoms with Crippen LogP contribution in [0.25, 0.3) is 11.3 Å². The maximum atomic E-state index is 12.8. The van der Waals surface area contributed by atoms with E-state index in [4.69, 9.17) is 0 Å². The molecule has 0 aliphatic carbocycles. The fourth-order valence-electron chi connectivity index (χ4n) is 1.11. The molecular formula is C13H13FNPt-. The minimum atomic E-state index is -0.264. The first-order valence-corrected chi connectivity index (χ1v) is 4.95. The van der Waals surface area contributed by atoms with Crippen LogP contribution >= 0.6 is 0 Å². The summed E-state index contributed by atoms with van der Waals surface area (Å²) < 4.78 is 12.8. The van der Waals surface area contributed by atoms with Crippen molar-refractivity contribution in [3.63, 3.8) is 0 Å². The van der Waals surface area contributed by atoms with E-state index in [0.29, 0.717) is 5.56 Å². The van der Waals surface area contributed by atoms with Crippen LogP contribution in [0.1, 0.15) is 13.8 Å². The Morgan fingerprint density at radius 3 is 2.50 bits per heavy atom. The van der Waals surface area contributed by atoms with E-state index in [1.165, 1.54) is 12.1 Å². The molecule has 0 aliphatic heterocycles. The van der Waals surface area contributed by atoms with Gasteiger partial charge in [-0.25, -0.2) is 4.39 Å². The number of hydrogen-bond donors (Lipinski definition) is 0. The van der Waals surface area contributed by atoms with Gasteiger partial charge in [-0.1, -0.05) is 26.0 Å². The average Bonchev–Trinajstić information content (AvgIpc) is 2.33. The van der Waals surface area contributed by atoms with Gasteiger partial charge in [-0.05, 0) is 11.8 Å². The van der Waals surface area contributed by atoms with Crippen LogP contribution in [-0.2, 0) is 21.1 Å². The fraction of sp³-hybridized carbons (Fsp3) is 0.154. The number of nitrogens with zero attached hydrogens (tertiary/aromatic N) is 1. The Hall–Kier alpha value is -1.01. The molecule has 2 aromatic rings. The Balaban J connectivity index is 0.000000711. The van der Waals surface area contributed by atoms with Crippen LogP contribution in [0.15, 0.2) is 42.6 Å². The zero-order valence-corrected chi connectivity index (χ0v) is 11.5. The molecule has 0 amide bonds. The Bertz CT molecular complexity index is 404. The van der Waals surface area contributed by atoms with Crippen molar-refractivity contribution in [1.29, 1.82) is 0 Å². The molecule has 0 saturated heterocycles. The zero-order valence-electron chi connectivity index (χ0n) is 9.18. The minimum Gasteiger partial charge on any atom is -0.305 e. The maximum Gasteiger partial charge on any atom is 0.0418 e. The quantitative estimate of drug-likeness (QED) is 0.669. The third-order valence-electron chi connectivity index (χ3n) is 1.70. The van der Waals surface area contributed by atoms with Crippen molar-refractivity contribution in [1.82, 2.24) is 4.98 Å². The summed E-state index contributed by atoms with van der Waals surface area (Å²) in [5.74, 6) is -0.264. The van der Waals surface area contributed by atoms with E-state index in [1.807, 2.05) is 32.0 Å². The fourth-order valence-corrected chi connectivity index (χ4v) is 1.11. The summed E-state index contributed by atoms with van der Waals surface area (Å²) in [4.78, 5) is 4.09. The van der Waals surface area contributed by atoms with Gasteiger partial charge in [-0.2, -0.15) is 0 Å². The Morgan fingerprint density at radius 1 is 1.19 bits per heavy atom. The van der Waals surface area contributed by atoms with Gasteiger partial charge in [-0.3, -0.25) is 0 Å². The second kappa shape index (κ2) is 8.18. The van der Waals surface area contributed by atoms with Crippen LogP contribution in [0.5, 0.6) is 0 Å². The molecule has 0 unspecified atom stereocenters. The number of aromatic nitrogens is 1. The van der Waals surface area contributed by atoms with E-state index in [-0.39, 0.29) is 26.9 Å². The molecule has 0 N–H and O–H groups in total. The van der Waals surface area contributed by atoms with E-state index in [9.17, 15) is 4.39 Å². The second-order valence-corrected chi connectivity index (χ2v) is 2.64. The van der Waals surface area contributed by atoms with Crippen molar-refractivity contribution >= 4 is 0 Å². The number of halogens is 1. The topological polar surface area (TPSA) is 12.9 Å². The summed E-state index contributed by atoms with van der Waals surface area (Å²) in [5.41, 5.74) is 1.42. The molecule has 0 bridgehead atoms. The molecule has 0 radical (unpaired) electrons. The average molecular weight is 397 g/mol. The molecule has 0 atom stereocenters. The van der Waals surface area contributed by atoms with Crippen molar-refractivity contribution < 1.29 is 25.5 Å². The third-order valence-corrected chi connectivity index (χ3v) is 1.70. The first-order valence-electron chi connectivity index (χ1n) is 4.95. The van der Waals surface area contributed by atoms with Gasteiger partial charge in [0.25, 0.3) is 0 Å². The standard InChI is InChI=1S/C11H7FN.C2H6.Pt/c12-10-5-3-4-9(8-10)11-6-1-2-7-13-11;1-2;/h1-3,5-8H;1-2H3;/q-1;;. The molecule has 0 aliphatic rings. The molecule has 2 rings (SSSR count). The van der Waals surface area contributed by atoms with Gasteiger partial charge in [0.2, 0.25) is 0 Å². The molecule has 1 heterocycles. The summed E-state index contributed by atoms with van der Waals surface area (Å²) >= 11 is 0. The van der Waals surface area contributed by atoms with Gasteiger partial charge in [-0.15, -0.1) is 29.8 Å². The van der Waals surface area contributed by atoms with E-state index >= 15 is 0 Å². The first kappa shape index (κ1) is 15.0. The van der Waals surface area contributed by atoms with Gasteiger partial charge in [0.1, 0.15) is 0 Å². The Kier molecular flexibility index (Phi) is 7.66. The smallest absolute Gasteiger partial charge is 0.0418 e. The summed E-state index contributed by atoms with van der Waals surface area (Å²) in [7, 11) is 0. The van der Waals surface area contributed by atoms with E-state index in [0.717, 1.165) is 5.69 Å². The molecule has 88 valence electrons. The normalized spacial score (nSPS) is 8.44. The molecule has 0 fully saturated rings. The van der Waals surface area contributed by atoms with Crippen molar-refractivity contribution in [2.45, 2.75) is 13.8 Å². The van der Waals surface area contributed by atoms with Crippen LogP contribution in [-0.4, -0.2) is 4.98 Å². The van der Waals surface area contributed by atoms with Crippen LogP contribution in [0.3, 0.4) is 0 Å². The number of hydrogen-bond acceptors (Lipinski definition) is 1. The molecule has 3 heteroatoms. The number of benzene rings is 1. The largest absolute Gasteiger partial charge is 0.305 e. The molecule has 16 heavy (non-hydrogen) atoms. The predicted molar refractivity (Wildman–Crippen MR) is 59.8 cm³/mol. The first-order chi connectivity index (χ1) is 7.36. The van der Waals surface area contributed by atoms with Crippen LogP contribution < -0.4 is 0 Å². The molecule has 1 aromatic heterocycles.